The maximum absolute atomic E-state index is 11.5. The zero-order chi connectivity index (χ0) is 25.4. The highest BCUT2D eigenvalue weighted by atomic mass is 16.5. The van der Waals surface area contributed by atoms with Gasteiger partial charge in [-0.25, -0.2) is 9.48 Å². The maximum atomic E-state index is 11.5. The van der Waals surface area contributed by atoms with Crippen LogP contribution in [0.15, 0.2) is 54.7 Å². The fourth-order valence-electron chi connectivity index (χ4n) is 3.63. The Morgan fingerprint density at radius 1 is 1.06 bits per heavy atom. The third-order valence-electron chi connectivity index (χ3n) is 5.63. The van der Waals surface area contributed by atoms with Crippen LogP contribution in [0, 0.1) is 5.41 Å². The number of carbonyl (C=O) groups is 1. The standard InChI is InChI=1S/C27H32N4O4/c1-26(2,3)17-34-21-11-7-9-18(13-21)23-14-20(16-35-27(4,5)25(32)33)29-31(23)22-12-8-10-19-15-28-30(6)24(19)22/h7-15H,16-17H2,1-6H3,(H,32,33). The fourth-order valence-corrected chi connectivity index (χ4v) is 3.63. The molecular weight excluding hydrogens is 444 g/mol. The lowest BCUT2D eigenvalue weighted by atomic mass is 9.99. The van der Waals surface area contributed by atoms with Crippen LogP contribution < -0.4 is 4.74 Å². The highest BCUT2D eigenvalue weighted by Gasteiger charge is 2.28. The predicted octanol–water partition coefficient (Wildman–Crippen LogP) is 5.23. The Labute approximate surface area is 205 Å². The summed E-state index contributed by atoms with van der Waals surface area (Å²) in [6.07, 6.45) is 1.82. The molecule has 2 aromatic heterocycles. The molecule has 0 saturated carbocycles. The molecule has 2 aromatic carbocycles. The monoisotopic (exact) mass is 476 g/mol. The molecule has 35 heavy (non-hydrogen) atoms. The highest BCUT2D eigenvalue weighted by molar-refractivity contribution is 5.87. The van der Waals surface area contributed by atoms with Gasteiger partial charge in [0.25, 0.3) is 0 Å². The number of hydrogen-bond acceptors (Lipinski definition) is 5. The van der Waals surface area contributed by atoms with E-state index in [1.807, 2.05) is 71.1 Å². The number of aryl methyl sites for hydroxylation is 1. The van der Waals surface area contributed by atoms with E-state index >= 15 is 0 Å². The first kappa shape index (κ1) is 24.5. The van der Waals surface area contributed by atoms with E-state index in [4.69, 9.17) is 14.6 Å². The molecule has 0 amide bonds. The van der Waals surface area contributed by atoms with Crippen LogP contribution >= 0.6 is 0 Å². The summed E-state index contributed by atoms with van der Waals surface area (Å²) in [5.74, 6) is -0.255. The van der Waals surface area contributed by atoms with Crippen molar-refractivity contribution in [3.8, 4) is 22.7 Å². The minimum absolute atomic E-state index is 0.0361. The lowest BCUT2D eigenvalue weighted by Crippen LogP contribution is -2.34. The molecule has 4 aromatic rings. The highest BCUT2D eigenvalue weighted by Crippen LogP contribution is 2.31. The molecule has 1 N–H and O–H groups in total. The molecule has 184 valence electrons. The quantitative estimate of drug-likeness (QED) is 0.374. The van der Waals surface area contributed by atoms with Gasteiger partial charge in [0, 0.05) is 18.0 Å². The number of ether oxygens (including phenoxy) is 2. The Kier molecular flexibility index (Phi) is 6.42. The first-order valence-electron chi connectivity index (χ1n) is 11.6. The van der Waals surface area contributed by atoms with Gasteiger partial charge in [-0.1, -0.05) is 45.0 Å². The molecule has 8 nitrogen and oxygen atoms in total. The second kappa shape index (κ2) is 9.19. The summed E-state index contributed by atoms with van der Waals surface area (Å²) >= 11 is 0. The number of aliphatic carboxylic acids is 1. The number of carboxylic acid groups (broad SMARTS) is 1. The zero-order valence-corrected chi connectivity index (χ0v) is 21.1. The number of carboxylic acids is 1. The van der Waals surface area contributed by atoms with E-state index in [9.17, 15) is 9.90 Å². The molecule has 2 heterocycles. The number of para-hydroxylation sites is 1. The van der Waals surface area contributed by atoms with Crippen LogP contribution in [0.5, 0.6) is 5.75 Å². The summed E-state index contributed by atoms with van der Waals surface area (Å²) in [6, 6.07) is 15.8. The molecule has 0 aliphatic carbocycles. The molecule has 0 spiro atoms. The first-order valence-corrected chi connectivity index (χ1v) is 11.6. The Balaban J connectivity index is 1.79. The number of hydrogen-bond donors (Lipinski definition) is 1. The van der Waals surface area contributed by atoms with E-state index in [1.165, 1.54) is 13.8 Å². The molecule has 0 saturated heterocycles. The molecule has 0 atom stereocenters. The Morgan fingerprint density at radius 2 is 1.80 bits per heavy atom. The van der Waals surface area contributed by atoms with E-state index in [-0.39, 0.29) is 12.0 Å². The molecular formula is C27H32N4O4. The number of nitrogens with zero attached hydrogens (tertiary/aromatic N) is 4. The first-order chi connectivity index (χ1) is 16.4. The number of fused-ring (bicyclic) bond motifs is 1. The van der Waals surface area contributed by atoms with Gasteiger partial charge < -0.3 is 14.6 Å². The molecule has 0 fully saturated rings. The van der Waals surface area contributed by atoms with E-state index in [2.05, 4.69) is 25.9 Å². The molecule has 8 heteroatoms. The van der Waals surface area contributed by atoms with Crippen LogP contribution in [0.1, 0.15) is 40.3 Å². The Hall–Kier alpha value is -3.65. The summed E-state index contributed by atoms with van der Waals surface area (Å²) < 4.78 is 15.4. The van der Waals surface area contributed by atoms with Gasteiger partial charge in [-0.05, 0) is 43.5 Å². The smallest absolute Gasteiger partial charge is 0.335 e. The minimum Gasteiger partial charge on any atom is -0.493 e. The van der Waals surface area contributed by atoms with Gasteiger partial charge in [-0.2, -0.15) is 10.2 Å². The third-order valence-corrected chi connectivity index (χ3v) is 5.63. The number of aromatic nitrogens is 4. The molecule has 0 bridgehead atoms. The summed E-state index contributed by atoms with van der Waals surface area (Å²) in [5, 5.41) is 19.7. The van der Waals surface area contributed by atoms with Crippen molar-refractivity contribution < 1.29 is 19.4 Å². The van der Waals surface area contributed by atoms with E-state index < -0.39 is 11.6 Å². The molecule has 4 rings (SSSR count). The van der Waals surface area contributed by atoms with Crippen molar-refractivity contribution in [3.05, 3.63) is 60.4 Å². The van der Waals surface area contributed by atoms with Crippen molar-refractivity contribution in [3.63, 3.8) is 0 Å². The van der Waals surface area contributed by atoms with Crippen LogP contribution in [0.2, 0.25) is 0 Å². The fraction of sp³-hybridized carbons (Fsp3) is 0.370. The number of benzene rings is 2. The van der Waals surface area contributed by atoms with E-state index in [0.717, 1.165) is 33.6 Å². The van der Waals surface area contributed by atoms with Crippen molar-refractivity contribution in [2.24, 2.45) is 12.5 Å². The topological polar surface area (TPSA) is 91.4 Å². The van der Waals surface area contributed by atoms with Gasteiger partial charge in [-0.3, -0.25) is 4.68 Å². The van der Waals surface area contributed by atoms with Crippen LogP contribution in [-0.2, 0) is 23.2 Å². The van der Waals surface area contributed by atoms with Gasteiger partial charge in [-0.15, -0.1) is 0 Å². The molecule has 0 unspecified atom stereocenters. The molecule has 0 radical (unpaired) electrons. The minimum atomic E-state index is -1.33. The van der Waals surface area contributed by atoms with Gasteiger partial charge in [0.15, 0.2) is 5.60 Å². The van der Waals surface area contributed by atoms with Crippen LogP contribution in [0.4, 0.5) is 0 Å². The summed E-state index contributed by atoms with van der Waals surface area (Å²) in [7, 11) is 1.90. The van der Waals surface area contributed by atoms with Crippen LogP contribution in [-0.4, -0.2) is 42.8 Å². The predicted molar refractivity (Wildman–Crippen MR) is 135 cm³/mol. The second-order valence-electron chi connectivity index (χ2n) is 10.4. The van der Waals surface area contributed by atoms with Crippen LogP contribution in [0.3, 0.4) is 0 Å². The van der Waals surface area contributed by atoms with Gasteiger partial charge in [0.05, 0.1) is 42.0 Å². The van der Waals surface area contributed by atoms with E-state index in [0.29, 0.717) is 12.3 Å². The Bertz CT molecular complexity index is 1360. The molecule has 0 aliphatic rings. The summed E-state index contributed by atoms with van der Waals surface area (Å²) in [5.41, 5.74) is 2.90. The normalized spacial score (nSPS) is 12.3. The van der Waals surface area contributed by atoms with Gasteiger partial charge in [0.1, 0.15) is 5.75 Å². The summed E-state index contributed by atoms with van der Waals surface area (Å²) in [4.78, 5) is 11.5. The maximum Gasteiger partial charge on any atom is 0.335 e. The Morgan fingerprint density at radius 3 is 2.51 bits per heavy atom. The lowest BCUT2D eigenvalue weighted by Gasteiger charge is -2.19. The van der Waals surface area contributed by atoms with Crippen molar-refractivity contribution in [1.82, 2.24) is 19.6 Å². The van der Waals surface area contributed by atoms with Crippen LogP contribution in [0.25, 0.3) is 27.8 Å². The average Bonchev–Trinajstić information content (AvgIpc) is 3.40. The SMILES string of the molecule is Cn1ncc2cccc(-n3nc(COC(C)(C)C(=O)O)cc3-c3cccc(OCC(C)(C)C)c3)c21. The van der Waals surface area contributed by atoms with Crippen molar-refractivity contribution in [2.75, 3.05) is 6.61 Å². The van der Waals surface area contributed by atoms with Crippen molar-refractivity contribution in [1.29, 1.82) is 0 Å². The number of rotatable bonds is 8. The van der Waals surface area contributed by atoms with Crippen molar-refractivity contribution in [2.45, 2.75) is 46.8 Å². The van der Waals surface area contributed by atoms with Crippen molar-refractivity contribution >= 4 is 16.9 Å². The third kappa shape index (κ3) is 5.38. The van der Waals surface area contributed by atoms with Gasteiger partial charge >= 0.3 is 5.97 Å². The zero-order valence-electron chi connectivity index (χ0n) is 21.1. The molecule has 0 aliphatic heterocycles. The summed E-state index contributed by atoms with van der Waals surface area (Å²) in [6.45, 7) is 10.1. The second-order valence-corrected chi connectivity index (χ2v) is 10.4. The average molecular weight is 477 g/mol. The van der Waals surface area contributed by atoms with E-state index in [1.54, 1.807) is 0 Å². The van der Waals surface area contributed by atoms with Gasteiger partial charge in [0.2, 0.25) is 0 Å². The lowest BCUT2D eigenvalue weighted by molar-refractivity contribution is -0.162. The largest absolute Gasteiger partial charge is 0.493 e.